The Morgan fingerprint density at radius 2 is 2.25 bits per heavy atom. The summed E-state index contributed by atoms with van der Waals surface area (Å²) in [7, 11) is 0. The molecule has 20 heavy (non-hydrogen) atoms. The van der Waals surface area contributed by atoms with E-state index in [1.807, 2.05) is 6.92 Å². The van der Waals surface area contributed by atoms with Gasteiger partial charge in [-0.2, -0.15) is 0 Å². The van der Waals surface area contributed by atoms with Crippen molar-refractivity contribution in [3.05, 3.63) is 32.8 Å². The zero-order chi connectivity index (χ0) is 14.7. The van der Waals surface area contributed by atoms with Gasteiger partial charge in [0.1, 0.15) is 5.02 Å². The fourth-order valence-corrected chi connectivity index (χ4v) is 3.10. The van der Waals surface area contributed by atoms with Gasteiger partial charge in [-0.05, 0) is 44.2 Å². The van der Waals surface area contributed by atoms with Gasteiger partial charge in [0.05, 0.1) is 4.92 Å². The van der Waals surface area contributed by atoms with Gasteiger partial charge in [-0.3, -0.25) is 10.1 Å². The summed E-state index contributed by atoms with van der Waals surface area (Å²) in [5.41, 5.74) is 1.74. The van der Waals surface area contributed by atoms with E-state index in [9.17, 15) is 15.2 Å². The summed E-state index contributed by atoms with van der Waals surface area (Å²) in [6, 6.07) is 3.50. The molecule has 0 bridgehead atoms. The van der Waals surface area contributed by atoms with Crippen molar-refractivity contribution >= 4 is 23.0 Å². The van der Waals surface area contributed by atoms with Gasteiger partial charge in [0, 0.05) is 30.9 Å². The van der Waals surface area contributed by atoms with Gasteiger partial charge in [0.2, 0.25) is 0 Å². The SMILES string of the molecule is Cc1cc([N+](=O)[O-])c(Cl)cc1N1CCCCC1CCO. The molecule has 1 heterocycles. The van der Waals surface area contributed by atoms with Gasteiger partial charge < -0.3 is 10.0 Å². The number of nitro groups is 1. The lowest BCUT2D eigenvalue weighted by Gasteiger charge is -2.38. The topological polar surface area (TPSA) is 66.6 Å². The zero-order valence-corrected chi connectivity index (χ0v) is 12.3. The van der Waals surface area contributed by atoms with Crippen LogP contribution in [-0.2, 0) is 0 Å². The molecule has 1 atom stereocenters. The Morgan fingerprint density at radius 1 is 1.50 bits per heavy atom. The summed E-state index contributed by atoms with van der Waals surface area (Å²) < 4.78 is 0. The van der Waals surface area contributed by atoms with Crippen LogP contribution < -0.4 is 4.90 Å². The number of benzene rings is 1. The van der Waals surface area contributed by atoms with Crippen LogP contribution in [0, 0.1) is 17.0 Å². The predicted octanol–water partition coefficient (Wildman–Crippen LogP) is 3.30. The van der Waals surface area contributed by atoms with Gasteiger partial charge in [-0.15, -0.1) is 0 Å². The van der Waals surface area contributed by atoms with E-state index < -0.39 is 4.92 Å². The van der Waals surface area contributed by atoms with Crippen LogP contribution in [0.4, 0.5) is 11.4 Å². The van der Waals surface area contributed by atoms with Crippen LogP contribution in [0.1, 0.15) is 31.2 Å². The summed E-state index contributed by atoms with van der Waals surface area (Å²) >= 11 is 6.02. The minimum atomic E-state index is -0.458. The molecule has 1 aliphatic rings. The van der Waals surface area contributed by atoms with Crippen LogP contribution in [0.3, 0.4) is 0 Å². The molecule has 1 aromatic rings. The largest absolute Gasteiger partial charge is 0.396 e. The molecule has 0 saturated carbocycles. The predicted molar refractivity (Wildman–Crippen MR) is 79.5 cm³/mol. The van der Waals surface area contributed by atoms with Crippen molar-refractivity contribution in [3.8, 4) is 0 Å². The molecular weight excluding hydrogens is 280 g/mol. The lowest BCUT2D eigenvalue weighted by Crippen LogP contribution is -2.40. The molecule has 0 aliphatic carbocycles. The first kappa shape index (κ1) is 15.1. The number of piperidine rings is 1. The van der Waals surface area contributed by atoms with Crippen molar-refractivity contribution in [2.45, 2.75) is 38.6 Å². The number of anilines is 1. The highest BCUT2D eigenvalue weighted by atomic mass is 35.5. The molecule has 1 unspecified atom stereocenters. The van der Waals surface area contributed by atoms with Crippen molar-refractivity contribution in [2.24, 2.45) is 0 Å². The molecule has 1 fully saturated rings. The second kappa shape index (κ2) is 6.41. The average molecular weight is 299 g/mol. The summed E-state index contributed by atoms with van der Waals surface area (Å²) in [5.74, 6) is 0. The van der Waals surface area contributed by atoms with Crippen LogP contribution >= 0.6 is 11.6 Å². The fraction of sp³-hybridized carbons (Fsp3) is 0.571. The van der Waals surface area contributed by atoms with Gasteiger partial charge in [0.15, 0.2) is 0 Å². The van der Waals surface area contributed by atoms with Crippen LogP contribution in [0.25, 0.3) is 0 Å². The second-order valence-electron chi connectivity index (χ2n) is 5.20. The zero-order valence-electron chi connectivity index (χ0n) is 11.5. The summed E-state index contributed by atoms with van der Waals surface area (Å²) in [6.45, 7) is 2.92. The first-order valence-corrected chi connectivity index (χ1v) is 7.24. The van der Waals surface area contributed by atoms with Gasteiger partial charge in [0.25, 0.3) is 5.69 Å². The molecule has 6 heteroatoms. The number of hydrogen-bond acceptors (Lipinski definition) is 4. The molecule has 0 radical (unpaired) electrons. The van der Waals surface area contributed by atoms with Crippen LogP contribution in [0.5, 0.6) is 0 Å². The van der Waals surface area contributed by atoms with E-state index in [1.54, 1.807) is 6.07 Å². The molecule has 1 N–H and O–H groups in total. The summed E-state index contributed by atoms with van der Waals surface area (Å²) in [5, 5.41) is 20.3. The van der Waals surface area contributed by atoms with E-state index in [2.05, 4.69) is 4.90 Å². The third-order valence-corrected chi connectivity index (χ3v) is 4.16. The highest BCUT2D eigenvalue weighted by Gasteiger charge is 2.25. The van der Waals surface area contributed by atoms with Crippen LogP contribution in [-0.4, -0.2) is 29.2 Å². The Labute approximate surface area is 123 Å². The van der Waals surface area contributed by atoms with Crippen molar-refractivity contribution in [2.75, 3.05) is 18.1 Å². The number of aliphatic hydroxyl groups excluding tert-OH is 1. The Hall–Kier alpha value is -1.33. The number of rotatable bonds is 4. The number of aliphatic hydroxyl groups is 1. The van der Waals surface area contributed by atoms with Gasteiger partial charge >= 0.3 is 0 Å². The van der Waals surface area contributed by atoms with E-state index in [4.69, 9.17) is 11.6 Å². The minimum Gasteiger partial charge on any atom is -0.396 e. The van der Waals surface area contributed by atoms with Crippen LogP contribution in [0.15, 0.2) is 12.1 Å². The molecular formula is C14H19ClN2O3. The summed E-state index contributed by atoms with van der Waals surface area (Å²) in [4.78, 5) is 12.7. The number of halogens is 1. The maximum Gasteiger partial charge on any atom is 0.288 e. The maximum absolute atomic E-state index is 10.9. The molecule has 0 amide bonds. The second-order valence-corrected chi connectivity index (χ2v) is 5.61. The molecule has 110 valence electrons. The fourth-order valence-electron chi connectivity index (χ4n) is 2.87. The van der Waals surface area contributed by atoms with E-state index in [1.165, 1.54) is 6.07 Å². The van der Waals surface area contributed by atoms with E-state index in [0.717, 1.165) is 37.1 Å². The normalized spacial score (nSPS) is 19.1. The van der Waals surface area contributed by atoms with Gasteiger partial charge in [-0.1, -0.05) is 11.6 Å². The van der Waals surface area contributed by atoms with Gasteiger partial charge in [-0.25, -0.2) is 0 Å². The Balaban J connectivity index is 2.35. The van der Waals surface area contributed by atoms with E-state index in [-0.39, 0.29) is 23.4 Å². The average Bonchev–Trinajstić information content (AvgIpc) is 2.42. The van der Waals surface area contributed by atoms with E-state index >= 15 is 0 Å². The minimum absolute atomic E-state index is 0.0522. The molecule has 2 rings (SSSR count). The third-order valence-electron chi connectivity index (χ3n) is 3.86. The molecule has 5 nitrogen and oxygen atoms in total. The summed E-state index contributed by atoms with van der Waals surface area (Å²) in [6.07, 6.45) is 4.00. The lowest BCUT2D eigenvalue weighted by atomic mass is 9.97. The molecule has 1 aromatic carbocycles. The van der Waals surface area contributed by atoms with Crippen molar-refractivity contribution in [3.63, 3.8) is 0 Å². The first-order valence-electron chi connectivity index (χ1n) is 6.86. The Bertz CT molecular complexity index is 505. The molecule has 1 aliphatic heterocycles. The monoisotopic (exact) mass is 298 g/mol. The van der Waals surface area contributed by atoms with Crippen molar-refractivity contribution in [1.29, 1.82) is 0 Å². The Kier molecular flexibility index (Phi) is 4.83. The lowest BCUT2D eigenvalue weighted by molar-refractivity contribution is -0.384. The quantitative estimate of drug-likeness (QED) is 0.684. The molecule has 0 spiro atoms. The maximum atomic E-state index is 10.9. The van der Waals surface area contributed by atoms with Crippen molar-refractivity contribution < 1.29 is 10.0 Å². The Morgan fingerprint density at radius 3 is 2.90 bits per heavy atom. The highest BCUT2D eigenvalue weighted by Crippen LogP contribution is 2.35. The standard InChI is InChI=1S/C14H19ClN2O3/c1-10-8-14(17(19)20)12(15)9-13(10)16-6-3-2-4-11(16)5-7-18/h8-9,11,18H,2-7H2,1H3. The number of hydrogen-bond donors (Lipinski definition) is 1. The first-order chi connectivity index (χ1) is 9.54. The molecule has 0 aromatic heterocycles. The number of nitro benzene ring substituents is 1. The molecule has 1 saturated heterocycles. The van der Waals surface area contributed by atoms with Crippen molar-refractivity contribution in [1.82, 2.24) is 0 Å². The van der Waals surface area contributed by atoms with E-state index in [0.29, 0.717) is 6.42 Å². The number of nitrogens with zero attached hydrogens (tertiary/aromatic N) is 2. The smallest absolute Gasteiger partial charge is 0.288 e. The highest BCUT2D eigenvalue weighted by molar-refractivity contribution is 6.33. The number of aryl methyl sites for hydroxylation is 1. The third kappa shape index (κ3) is 3.04. The van der Waals surface area contributed by atoms with Crippen LogP contribution in [0.2, 0.25) is 5.02 Å².